The second kappa shape index (κ2) is 5.80. The van der Waals surface area contributed by atoms with Crippen molar-refractivity contribution in [2.45, 2.75) is 12.7 Å². The predicted molar refractivity (Wildman–Crippen MR) is 67.6 cm³/mol. The van der Waals surface area contributed by atoms with Crippen molar-refractivity contribution in [2.24, 2.45) is 0 Å². The molecule has 0 N–H and O–H groups in total. The summed E-state index contributed by atoms with van der Waals surface area (Å²) in [6.45, 7) is 2.19. The molecule has 17 heavy (non-hydrogen) atoms. The summed E-state index contributed by atoms with van der Waals surface area (Å²) < 4.78 is 32.5. The molecular formula is C10H12Cl2O4S. The minimum atomic E-state index is -3.66. The van der Waals surface area contributed by atoms with E-state index < -0.39 is 9.05 Å². The molecule has 4 nitrogen and oxygen atoms in total. The zero-order valence-corrected chi connectivity index (χ0v) is 11.7. The first-order valence-corrected chi connectivity index (χ1v) is 7.64. The van der Waals surface area contributed by atoms with Crippen LogP contribution in [0.1, 0.15) is 12.5 Å². The Balaban J connectivity index is 3.22. The molecule has 0 aromatic heterocycles. The Hall–Kier alpha value is -0.650. The maximum Gasteiger partial charge on any atom is 0.236 e. The van der Waals surface area contributed by atoms with Gasteiger partial charge in [-0.05, 0) is 13.0 Å². The van der Waals surface area contributed by atoms with Crippen molar-refractivity contribution >= 4 is 31.3 Å². The molecular weight excluding hydrogens is 287 g/mol. The molecule has 1 rings (SSSR count). The van der Waals surface area contributed by atoms with E-state index in [2.05, 4.69) is 0 Å². The van der Waals surface area contributed by atoms with Crippen molar-refractivity contribution in [2.75, 3.05) is 13.7 Å². The average Bonchev–Trinajstić information content (AvgIpc) is 2.20. The van der Waals surface area contributed by atoms with E-state index in [1.54, 1.807) is 13.0 Å². The Morgan fingerprint density at radius 1 is 1.29 bits per heavy atom. The van der Waals surface area contributed by atoms with Crippen molar-refractivity contribution in [3.8, 4) is 11.5 Å². The minimum Gasteiger partial charge on any atom is -0.495 e. The van der Waals surface area contributed by atoms with E-state index in [0.29, 0.717) is 28.7 Å². The average molecular weight is 299 g/mol. The van der Waals surface area contributed by atoms with Gasteiger partial charge in [-0.3, -0.25) is 0 Å². The predicted octanol–water partition coefficient (Wildman–Crippen LogP) is 2.82. The Bertz CT molecular complexity index is 499. The molecule has 0 radical (unpaired) electrons. The van der Waals surface area contributed by atoms with Gasteiger partial charge in [0.15, 0.2) is 0 Å². The topological polar surface area (TPSA) is 52.6 Å². The van der Waals surface area contributed by atoms with Crippen molar-refractivity contribution in [1.82, 2.24) is 0 Å². The van der Waals surface area contributed by atoms with Crippen LogP contribution in [-0.2, 0) is 14.8 Å². The lowest BCUT2D eigenvalue weighted by atomic mass is 10.2. The van der Waals surface area contributed by atoms with Crippen molar-refractivity contribution < 1.29 is 17.9 Å². The Kier molecular flexibility index (Phi) is 4.91. The molecule has 0 fully saturated rings. The van der Waals surface area contributed by atoms with Crippen LogP contribution < -0.4 is 9.47 Å². The third-order valence-corrected chi connectivity index (χ3v) is 3.24. The lowest BCUT2D eigenvalue weighted by molar-refractivity contribution is 0.333. The van der Waals surface area contributed by atoms with E-state index in [1.165, 1.54) is 13.2 Å². The molecule has 0 saturated carbocycles. The van der Waals surface area contributed by atoms with Gasteiger partial charge in [-0.1, -0.05) is 11.6 Å². The minimum absolute atomic E-state index is 0.311. The monoisotopic (exact) mass is 298 g/mol. The van der Waals surface area contributed by atoms with Gasteiger partial charge >= 0.3 is 0 Å². The highest BCUT2D eigenvalue weighted by Crippen LogP contribution is 2.34. The Labute approximate surface area is 110 Å². The number of ether oxygens (including phenoxy) is 2. The first kappa shape index (κ1) is 14.4. The zero-order chi connectivity index (χ0) is 13.1. The number of hydrogen-bond donors (Lipinski definition) is 0. The molecule has 7 heteroatoms. The maximum absolute atomic E-state index is 11.1. The van der Waals surface area contributed by atoms with E-state index in [9.17, 15) is 8.42 Å². The van der Waals surface area contributed by atoms with Crippen molar-refractivity contribution in [3.63, 3.8) is 0 Å². The normalized spacial score (nSPS) is 11.3. The quantitative estimate of drug-likeness (QED) is 0.785. The highest BCUT2D eigenvalue weighted by molar-refractivity contribution is 8.13. The largest absolute Gasteiger partial charge is 0.495 e. The van der Waals surface area contributed by atoms with Crippen LogP contribution in [0.5, 0.6) is 11.5 Å². The summed E-state index contributed by atoms with van der Waals surface area (Å²) in [6.07, 6.45) is 0. The summed E-state index contributed by atoms with van der Waals surface area (Å²) in [5, 5.41) is 0.311. The fourth-order valence-corrected chi connectivity index (χ4v) is 2.53. The third kappa shape index (κ3) is 4.26. The first-order valence-electron chi connectivity index (χ1n) is 4.79. The SMILES string of the molecule is CCOc1cc(OC)c(Cl)cc1CS(=O)(=O)Cl. The van der Waals surface area contributed by atoms with E-state index in [4.69, 9.17) is 31.8 Å². The fourth-order valence-electron chi connectivity index (χ4n) is 1.32. The molecule has 0 aliphatic rings. The van der Waals surface area contributed by atoms with Crippen LogP contribution in [-0.4, -0.2) is 22.1 Å². The molecule has 0 spiro atoms. The summed E-state index contributed by atoms with van der Waals surface area (Å²) in [5.74, 6) is 0.483. The number of benzene rings is 1. The first-order chi connectivity index (χ1) is 7.87. The number of hydrogen-bond acceptors (Lipinski definition) is 4. The zero-order valence-electron chi connectivity index (χ0n) is 9.37. The van der Waals surface area contributed by atoms with Gasteiger partial charge in [-0.25, -0.2) is 8.42 Å². The standard InChI is InChI=1S/C10H12Cl2O4S/c1-3-16-9-5-10(15-2)8(11)4-7(9)6-17(12,13)14/h4-5H,3,6H2,1-2H3. The Morgan fingerprint density at radius 3 is 2.41 bits per heavy atom. The smallest absolute Gasteiger partial charge is 0.236 e. The lowest BCUT2D eigenvalue weighted by Gasteiger charge is -2.12. The van der Waals surface area contributed by atoms with Crippen molar-refractivity contribution in [3.05, 3.63) is 22.7 Å². The molecule has 96 valence electrons. The van der Waals surface area contributed by atoms with Gasteiger partial charge in [0, 0.05) is 22.3 Å². The van der Waals surface area contributed by atoms with Crippen LogP contribution in [0.25, 0.3) is 0 Å². The molecule has 0 aliphatic heterocycles. The molecule has 0 heterocycles. The van der Waals surface area contributed by atoms with Gasteiger partial charge in [0.1, 0.15) is 11.5 Å². The lowest BCUT2D eigenvalue weighted by Crippen LogP contribution is -2.02. The van der Waals surface area contributed by atoms with E-state index in [1.807, 2.05) is 0 Å². The maximum atomic E-state index is 11.1. The van der Waals surface area contributed by atoms with Gasteiger partial charge < -0.3 is 9.47 Å². The number of rotatable bonds is 5. The van der Waals surface area contributed by atoms with E-state index >= 15 is 0 Å². The van der Waals surface area contributed by atoms with Gasteiger partial charge in [-0.2, -0.15) is 0 Å². The van der Waals surface area contributed by atoms with Gasteiger partial charge in [0.05, 0.1) is 24.5 Å². The van der Waals surface area contributed by atoms with Gasteiger partial charge in [-0.15, -0.1) is 0 Å². The van der Waals surface area contributed by atoms with E-state index in [-0.39, 0.29) is 5.75 Å². The van der Waals surface area contributed by atoms with Gasteiger partial charge in [0.25, 0.3) is 0 Å². The van der Waals surface area contributed by atoms with Crippen LogP contribution in [0, 0.1) is 0 Å². The highest BCUT2D eigenvalue weighted by Gasteiger charge is 2.15. The molecule has 0 saturated heterocycles. The molecule has 0 aliphatic carbocycles. The summed E-state index contributed by atoms with van der Waals surface area (Å²) in [4.78, 5) is 0. The second-order valence-corrected chi connectivity index (χ2v) is 6.39. The molecule has 0 atom stereocenters. The van der Waals surface area contributed by atoms with Crippen LogP contribution >= 0.6 is 22.3 Å². The molecule has 0 unspecified atom stereocenters. The summed E-state index contributed by atoms with van der Waals surface area (Å²) in [5.41, 5.74) is 0.410. The summed E-state index contributed by atoms with van der Waals surface area (Å²) >= 11 is 5.91. The van der Waals surface area contributed by atoms with E-state index in [0.717, 1.165) is 0 Å². The Morgan fingerprint density at radius 2 is 1.94 bits per heavy atom. The van der Waals surface area contributed by atoms with Crippen LogP contribution in [0.15, 0.2) is 12.1 Å². The highest BCUT2D eigenvalue weighted by atomic mass is 35.7. The third-order valence-electron chi connectivity index (χ3n) is 1.96. The van der Waals surface area contributed by atoms with Crippen LogP contribution in [0.2, 0.25) is 5.02 Å². The molecule has 0 bridgehead atoms. The van der Waals surface area contributed by atoms with Crippen LogP contribution in [0.3, 0.4) is 0 Å². The molecule has 1 aromatic rings. The molecule has 1 aromatic carbocycles. The van der Waals surface area contributed by atoms with Crippen LogP contribution in [0.4, 0.5) is 0 Å². The summed E-state index contributed by atoms with van der Waals surface area (Å²) in [7, 11) is 3.01. The molecule has 0 amide bonds. The number of methoxy groups -OCH3 is 1. The van der Waals surface area contributed by atoms with Crippen molar-refractivity contribution in [1.29, 1.82) is 0 Å². The number of halogens is 2. The fraction of sp³-hybridized carbons (Fsp3) is 0.400. The second-order valence-electron chi connectivity index (χ2n) is 3.21. The summed E-state index contributed by atoms with van der Waals surface area (Å²) in [6, 6.07) is 3.02. The van der Waals surface area contributed by atoms with Gasteiger partial charge in [0.2, 0.25) is 9.05 Å².